The predicted octanol–water partition coefficient (Wildman–Crippen LogP) is 5.29. The van der Waals surface area contributed by atoms with Gasteiger partial charge >= 0.3 is 0 Å². The lowest BCUT2D eigenvalue weighted by molar-refractivity contribution is 0.225. The van der Waals surface area contributed by atoms with E-state index in [1.165, 1.54) is 48.8 Å². The molecule has 2 aliphatic rings. The van der Waals surface area contributed by atoms with Gasteiger partial charge in [-0.05, 0) is 68.5 Å². The Labute approximate surface area is 145 Å². The number of terminal acetylenes is 1. The van der Waals surface area contributed by atoms with Crippen molar-refractivity contribution in [1.82, 2.24) is 4.90 Å². The zero-order valence-corrected chi connectivity index (χ0v) is 14.5. The molecule has 0 amide bonds. The number of likely N-dealkylation sites (tertiary alicyclic amines) is 1. The lowest BCUT2D eigenvalue weighted by Gasteiger charge is -2.29. The maximum atomic E-state index is 6.19. The number of nitrogens with zero attached hydrogens (tertiary/aromatic N) is 1. The van der Waals surface area contributed by atoms with Crippen LogP contribution in [0.3, 0.4) is 0 Å². The molecule has 1 saturated carbocycles. The Kier molecular flexibility index (Phi) is 4.63. The normalized spacial score (nSPS) is 21.1. The van der Waals surface area contributed by atoms with E-state index in [0.29, 0.717) is 5.92 Å². The SMILES string of the molecule is C#CCN1CCC(c2cc3cc(C4CCCCC4)ccc3o2)CC1. The van der Waals surface area contributed by atoms with Crippen LogP contribution in [0.4, 0.5) is 0 Å². The average molecular weight is 321 g/mol. The number of rotatable bonds is 3. The summed E-state index contributed by atoms with van der Waals surface area (Å²) in [4.78, 5) is 2.36. The molecule has 2 fully saturated rings. The summed E-state index contributed by atoms with van der Waals surface area (Å²) in [6.07, 6.45) is 14.6. The van der Waals surface area contributed by atoms with E-state index in [4.69, 9.17) is 10.8 Å². The number of hydrogen-bond acceptors (Lipinski definition) is 2. The van der Waals surface area contributed by atoms with Crippen LogP contribution in [0.5, 0.6) is 0 Å². The molecule has 0 bridgehead atoms. The monoisotopic (exact) mass is 321 g/mol. The van der Waals surface area contributed by atoms with Crippen LogP contribution in [0.2, 0.25) is 0 Å². The van der Waals surface area contributed by atoms with Crippen molar-refractivity contribution in [2.75, 3.05) is 19.6 Å². The summed E-state index contributed by atoms with van der Waals surface area (Å²) >= 11 is 0. The number of fused-ring (bicyclic) bond motifs is 1. The summed E-state index contributed by atoms with van der Waals surface area (Å²) in [5, 5.41) is 1.29. The molecule has 2 nitrogen and oxygen atoms in total. The molecule has 1 aliphatic heterocycles. The van der Waals surface area contributed by atoms with Gasteiger partial charge in [-0.25, -0.2) is 0 Å². The molecule has 1 aromatic carbocycles. The van der Waals surface area contributed by atoms with Crippen molar-refractivity contribution < 1.29 is 4.42 Å². The fourth-order valence-corrected chi connectivity index (χ4v) is 4.48. The molecule has 0 radical (unpaired) electrons. The molecular formula is C22H27NO. The van der Waals surface area contributed by atoms with Crippen molar-refractivity contribution >= 4 is 11.0 Å². The van der Waals surface area contributed by atoms with E-state index in [1.54, 1.807) is 0 Å². The van der Waals surface area contributed by atoms with Crippen molar-refractivity contribution in [3.05, 3.63) is 35.6 Å². The molecule has 2 heteroatoms. The first kappa shape index (κ1) is 15.8. The van der Waals surface area contributed by atoms with Crippen molar-refractivity contribution in [1.29, 1.82) is 0 Å². The van der Waals surface area contributed by atoms with E-state index in [2.05, 4.69) is 35.1 Å². The minimum absolute atomic E-state index is 0.546. The molecule has 2 aromatic rings. The van der Waals surface area contributed by atoms with Crippen molar-refractivity contribution in [3.63, 3.8) is 0 Å². The summed E-state index contributed by atoms with van der Waals surface area (Å²) in [6.45, 7) is 2.94. The molecule has 1 aliphatic carbocycles. The fraction of sp³-hybridized carbons (Fsp3) is 0.545. The van der Waals surface area contributed by atoms with Crippen molar-refractivity contribution in [2.45, 2.75) is 56.8 Å². The van der Waals surface area contributed by atoms with Crippen LogP contribution in [-0.4, -0.2) is 24.5 Å². The Morgan fingerprint density at radius 3 is 2.54 bits per heavy atom. The molecule has 24 heavy (non-hydrogen) atoms. The Morgan fingerprint density at radius 1 is 1.00 bits per heavy atom. The van der Waals surface area contributed by atoms with E-state index >= 15 is 0 Å². The fourth-order valence-electron chi connectivity index (χ4n) is 4.48. The lowest BCUT2D eigenvalue weighted by atomic mass is 9.84. The van der Waals surface area contributed by atoms with Crippen LogP contribution in [0.25, 0.3) is 11.0 Å². The zero-order valence-electron chi connectivity index (χ0n) is 14.5. The average Bonchev–Trinajstić information content (AvgIpc) is 3.06. The Morgan fingerprint density at radius 2 is 1.79 bits per heavy atom. The molecular weight excluding hydrogens is 294 g/mol. The van der Waals surface area contributed by atoms with Gasteiger partial charge in [0, 0.05) is 11.3 Å². The standard InChI is InChI=1S/C22H27NO/c1-2-12-23-13-10-18(11-14-23)22-16-20-15-19(8-9-21(20)24-22)17-6-4-3-5-7-17/h1,8-9,15-18H,3-7,10-14H2. The summed E-state index contributed by atoms with van der Waals surface area (Å²) in [7, 11) is 0. The maximum absolute atomic E-state index is 6.19. The summed E-state index contributed by atoms with van der Waals surface area (Å²) in [6, 6.07) is 9.16. The molecule has 1 aromatic heterocycles. The first-order valence-corrected chi connectivity index (χ1v) is 9.52. The van der Waals surface area contributed by atoms with Gasteiger partial charge in [-0.2, -0.15) is 0 Å². The maximum Gasteiger partial charge on any atom is 0.134 e. The van der Waals surface area contributed by atoms with Crippen LogP contribution in [0.1, 0.15) is 68.1 Å². The van der Waals surface area contributed by atoms with Gasteiger partial charge in [0.2, 0.25) is 0 Å². The molecule has 0 N–H and O–H groups in total. The Bertz CT molecular complexity index is 724. The molecule has 0 spiro atoms. The van der Waals surface area contributed by atoms with Crippen molar-refractivity contribution in [2.24, 2.45) is 0 Å². The van der Waals surface area contributed by atoms with E-state index in [1.807, 2.05) is 0 Å². The highest BCUT2D eigenvalue weighted by molar-refractivity contribution is 5.79. The number of piperidine rings is 1. The van der Waals surface area contributed by atoms with Gasteiger partial charge in [0.25, 0.3) is 0 Å². The third-order valence-electron chi connectivity index (χ3n) is 5.94. The molecule has 2 heterocycles. The minimum Gasteiger partial charge on any atom is -0.461 e. The van der Waals surface area contributed by atoms with Gasteiger partial charge in [0.15, 0.2) is 0 Å². The third-order valence-corrected chi connectivity index (χ3v) is 5.94. The van der Waals surface area contributed by atoms with Crippen LogP contribution in [-0.2, 0) is 0 Å². The van der Waals surface area contributed by atoms with Gasteiger partial charge in [0.1, 0.15) is 11.3 Å². The molecule has 0 unspecified atom stereocenters. The van der Waals surface area contributed by atoms with Crippen LogP contribution >= 0.6 is 0 Å². The van der Waals surface area contributed by atoms with E-state index in [9.17, 15) is 0 Å². The summed E-state index contributed by atoms with van der Waals surface area (Å²) in [5.41, 5.74) is 2.56. The molecule has 4 rings (SSSR count). The predicted molar refractivity (Wildman–Crippen MR) is 99.3 cm³/mol. The highest BCUT2D eigenvalue weighted by atomic mass is 16.3. The zero-order chi connectivity index (χ0) is 16.4. The lowest BCUT2D eigenvalue weighted by Crippen LogP contribution is -2.33. The smallest absolute Gasteiger partial charge is 0.134 e. The molecule has 126 valence electrons. The Hall–Kier alpha value is -1.72. The Balaban J connectivity index is 1.50. The number of benzene rings is 1. The minimum atomic E-state index is 0.546. The van der Waals surface area contributed by atoms with E-state index in [0.717, 1.165) is 44.0 Å². The second-order valence-corrected chi connectivity index (χ2v) is 7.54. The van der Waals surface area contributed by atoms with Gasteiger partial charge in [-0.1, -0.05) is 31.2 Å². The van der Waals surface area contributed by atoms with Gasteiger partial charge in [-0.15, -0.1) is 6.42 Å². The second kappa shape index (κ2) is 7.03. The highest BCUT2D eigenvalue weighted by Gasteiger charge is 2.23. The largest absolute Gasteiger partial charge is 0.461 e. The topological polar surface area (TPSA) is 16.4 Å². The van der Waals surface area contributed by atoms with Gasteiger partial charge in [0.05, 0.1) is 6.54 Å². The highest BCUT2D eigenvalue weighted by Crippen LogP contribution is 2.36. The van der Waals surface area contributed by atoms with Crippen LogP contribution < -0.4 is 0 Å². The number of hydrogen-bond donors (Lipinski definition) is 0. The third kappa shape index (κ3) is 3.23. The first-order valence-electron chi connectivity index (χ1n) is 9.52. The quantitative estimate of drug-likeness (QED) is 0.714. The summed E-state index contributed by atoms with van der Waals surface area (Å²) in [5.74, 6) is 5.23. The van der Waals surface area contributed by atoms with Crippen molar-refractivity contribution in [3.8, 4) is 12.3 Å². The second-order valence-electron chi connectivity index (χ2n) is 7.54. The van der Waals surface area contributed by atoms with E-state index < -0.39 is 0 Å². The number of furan rings is 1. The van der Waals surface area contributed by atoms with Crippen LogP contribution in [0, 0.1) is 12.3 Å². The van der Waals surface area contributed by atoms with Crippen LogP contribution in [0.15, 0.2) is 28.7 Å². The molecule has 0 atom stereocenters. The first-order chi connectivity index (χ1) is 11.8. The van der Waals surface area contributed by atoms with Gasteiger partial charge in [-0.3, -0.25) is 4.90 Å². The molecule has 1 saturated heterocycles. The van der Waals surface area contributed by atoms with E-state index in [-0.39, 0.29) is 0 Å². The van der Waals surface area contributed by atoms with Gasteiger partial charge < -0.3 is 4.42 Å². The summed E-state index contributed by atoms with van der Waals surface area (Å²) < 4.78 is 6.19.